The van der Waals surface area contributed by atoms with E-state index >= 15 is 0 Å². The number of aromatic nitrogens is 2. The van der Waals surface area contributed by atoms with E-state index in [4.69, 9.17) is 28.9 Å². The first-order chi connectivity index (χ1) is 8.90. The van der Waals surface area contributed by atoms with E-state index in [1.165, 1.54) is 10.9 Å². The predicted octanol–water partition coefficient (Wildman–Crippen LogP) is 3.32. The number of halogens is 3. The van der Waals surface area contributed by atoms with Crippen LogP contribution in [0.25, 0.3) is 0 Å². The molecule has 1 aromatic heterocycles. The lowest BCUT2D eigenvalue weighted by Gasteiger charge is -2.09. The third-order valence-electron chi connectivity index (χ3n) is 2.47. The Hall–Kier alpha value is -1.24. The summed E-state index contributed by atoms with van der Waals surface area (Å²) in [7, 11) is 1.64. The van der Waals surface area contributed by atoms with Gasteiger partial charge in [0.25, 0.3) is 5.91 Å². The molecule has 100 valence electrons. The second-order valence-electron chi connectivity index (χ2n) is 3.77. The smallest absolute Gasteiger partial charge is 0.261 e. The van der Waals surface area contributed by atoms with Crippen molar-refractivity contribution in [1.29, 1.82) is 0 Å². The van der Waals surface area contributed by atoms with E-state index in [2.05, 4.69) is 26.3 Å². The molecular formula is C11H9BrCl2N4O. The summed E-state index contributed by atoms with van der Waals surface area (Å²) < 4.78 is 2.13. The molecular weight excluding hydrogens is 355 g/mol. The van der Waals surface area contributed by atoms with Gasteiger partial charge in [0.1, 0.15) is 11.4 Å². The van der Waals surface area contributed by atoms with Crippen LogP contribution in [-0.4, -0.2) is 15.7 Å². The van der Waals surface area contributed by atoms with Crippen LogP contribution >= 0.6 is 39.1 Å². The third-order valence-corrected chi connectivity index (χ3v) is 3.53. The summed E-state index contributed by atoms with van der Waals surface area (Å²) in [6, 6.07) is 3.27. The van der Waals surface area contributed by atoms with E-state index in [1.807, 2.05) is 0 Å². The summed E-state index contributed by atoms with van der Waals surface area (Å²) in [6.07, 6.45) is 1.38. The highest BCUT2D eigenvalue weighted by atomic mass is 79.9. The number of amides is 1. The van der Waals surface area contributed by atoms with E-state index in [1.54, 1.807) is 19.2 Å². The van der Waals surface area contributed by atoms with E-state index in [0.717, 1.165) is 4.47 Å². The average molecular weight is 364 g/mol. The van der Waals surface area contributed by atoms with Gasteiger partial charge in [0.15, 0.2) is 0 Å². The molecule has 0 fully saturated rings. The molecule has 19 heavy (non-hydrogen) atoms. The minimum absolute atomic E-state index is 0.262. The first kappa shape index (κ1) is 14.2. The number of anilines is 2. The van der Waals surface area contributed by atoms with Crippen LogP contribution in [-0.2, 0) is 7.05 Å². The SMILES string of the molecule is Cn1ncc(C(=O)Nc2c(Cl)cc(Br)cc2Cl)c1N. The molecule has 0 atom stereocenters. The van der Waals surface area contributed by atoms with E-state index in [0.29, 0.717) is 15.7 Å². The van der Waals surface area contributed by atoms with Gasteiger partial charge < -0.3 is 11.1 Å². The number of hydrogen-bond donors (Lipinski definition) is 2. The van der Waals surface area contributed by atoms with Crippen LogP contribution in [0.1, 0.15) is 10.4 Å². The number of nitrogens with two attached hydrogens (primary N) is 1. The van der Waals surface area contributed by atoms with E-state index < -0.39 is 5.91 Å². The minimum atomic E-state index is -0.420. The van der Waals surface area contributed by atoms with Gasteiger partial charge in [-0.15, -0.1) is 0 Å². The molecule has 2 rings (SSSR count). The molecule has 0 aliphatic rings. The van der Waals surface area contributed by atoms with Crippen molar-refractivity contribution in [2.24, 2.45) is 7.05 Å². The largest absolute Gasteiger partial charge is 0.383 e. The zero-order valence-corrected chi connectivity index (χ0v) is 12.8. The monoisotopic (exact) mass is 362 g/mol. The van der Waals surface area contributed by atoms with Crippen molar-refractivity contribution < 1.29 is 4.79 Å². The van der Waals surface area contributed by atoms with Crippen molar-refractivity contribution in [3.05, 3.63) is 38.4 Å². The molecule has 0 aliphatic heterocycles. The van der Waals surface area contributed by atoms with Crippen LogP contribution in [0.5, 0.6) is 0 Å². The molecule has 3 N–H and O–H groups in total. The fraction of sp³-hybridized carbons (Fsp3) is 0.0909. The Kier molecular flexibility index (Phi) is 4.03. The molecule has 8 heteroatoms. The molecule has 0 unspecified atom stereocenters. The maximum atomic E-state index is 12.1. The van der Waals surface area contributed by atoms with Gasteiger partial charge >= 0.3 is 0 Å². The molecule has 0 bridgehead atoms. The number of benzene rings is 1. The van der Waals surface area contributed by atoms with Crippen molar-refractivity contribution in [2.75, 3.05) is 11.1 Å². The molecule has 0 saturated carbocycles. The summed E-state index contributed by atoms with van der Waals surface area (Å²) in [4.78, 5) is 12.1. The number of nitrogens with zero attached hydrogens (tertiary/aromatic N) is 2. The molecule has 0 aliphatic carbocycles. The van der Waals surface area contributed by atoms with Crippen LogP contribution in [0.3, 0.4) is 0 Å². The number of aryl methyl sites for hydroxylation is 1. The highest BCUT2D eigenvalue weighted by Gasteiger charge is 2.17. The molecule has 1 amide bonds. The lowest BCUT2D eigenvalue weighted by molar-refractivity contribution is 0.102. The number of rotatable bonds is 2. The highest BCUT2D eigenvalue weighted by molar-refractivity contribution is 9.10. The summed E-state index contributed by atoms with van der Waals surface area (Å²) in [6.45, 7) is 0. The van der Waals surface area contributed by atoms with Crippen molar-refractivity contribution in [3.8, 4) is 0 Å². The van der Waals surface area contributed by atoms with Crippen LogP contribution in [0.15, 0.2) is 22.8 Å². The predicted molar refractivity (Wildman–Crippen MR) is 79.7 cm³/mol. The van der Waals surface area contributed by atoms with Gasteiger partial charge in [-0.25, -0.2) is 0 Å². The Bertz CT molecular complexity index is 633. The summed E-state index contributed by atoms with van der Waals surface area (Å²) >= 11 is 15.3. The Morgan fingerprint density at radius 1 is 1.42 bits per heavy atom. The molecule has 0 spiro atoms. The number of hydrogen-bond acceptors (Lipinski definition) is 3. The van der Waals surface area contributed by atoms with Crippen molar-refractivity contribution in [3.63, 3.8) is 0 Å². The lowest BCUT2D eigenvalue weighted by atomic mass is 10.2. The third kappa shape index (κ3) is 2.86. The summed E-state index contributed by atoms with van der Waals surface area (Å²) in [5.74, 6) is -0.154. The highest BCUT2D eigenvalue weighted by Crippen LogP contribution is 2.34. The van der Waals surface area contributed by atoms with Crippen LogP contribution in [0, 0.1) is 0 Å². The first-order valence-electron chi connectivity index (χ1n) is 5.13. The number of nitrogens with one attached hydrogen (secondary N) is 1. The van der Waals surface area contributed by atoms with Gasteiger partial charge in [-0.05, 0) is 12.1 Å². The maximum Gasteiger partial charge on any atom is 0.261 e. The Balaban J connectivity index is 2.32. The minimum Gasteiger partial charge on any atom is -0.383 e. The van der Waals surface area contributed by atoms with Gasteiger partial charge in [0.05, 0.1) is 21.9 Å². The second-order valence-corrected chi connectivity index (χ2v) is 5.50. The molecule has 0 saturated heterocycles. The number of carbonyl (C=O) groups is 1. The Labute approximate surface area is 127 Å². The maximum absolute atomic E-state index is 12.1. The fourth-order valence-electron chi connectivity index (χ4n) is 1.46. The molecule has 5 nitrogen and oxygen atoms in total. The van der Waals surface area contributed by atoms with Crippen LogP contribution in [0.4, 0.5) is 11.5 Å². The summed E-state index contributed by atoms with van der Waals surface area (Å²) in [5.41, 5.74) is 6.32. The number of nitrogen functional groups attached to an aromatic ring is 1. The van der Waals surface area contributed by atoms with Gasteiger partial charge in [-0.1, -0.05) is 39.1 Å². The second kappa shape index (κ2) is 5.40. The molecule has 1 aromatic carbocycles. The zero-order valence-electron chi connectivity index (χ0n) is 9.75. The number of carbonyl (C=O) groups excluding carboxylic acids is 1. The van der Waals surface area contributed by atoms with Gasteiger partial charge in [0, 0.05) is 11.5 Å². The molecule has 2 aromatic rings. The summed E-state index contributed by atoms with van der Waals surface area (Å²) in [5, 5.41) is 7.17. The fourth-order valence-corrected chi connectivity index (χ4v) is 2.77. The van der Waals surface area contributed by atoms with Crippen molar-refractivity contribution in [1.82, 2.24) is 9.78 Å². The first-order valence-corrected chi connectivity index (χ1v) is 6.68. The quantitative estimate of drug-likeness (QED) is 0.859. The zero-order chi connectivity index (χ0) is 14.2. The van der Waals surface area contributed by atoms with E-state index in [9.17, 15) is 4.79 Å². The standard InChI is InChI=1S/C11H9BrCl2N4O/c1-18-10(15)6(4-16-18)11(19)17-9-7(13)2-5(12)3-8(9)14/h2-4H,15H2,1H3,(H,17,19). The van der Waals surface area contributed by atoms with Gasteiger partial charge in [0.2, 0.25) is 0 Å². The van der Waals surface area contributed by atoms with Gasteiger partial charge in [-0.2, -0.15) is 5.10 Å². The lowest BCUT2D eigenvalue weighted by Crippen LogP contribution is -2.14. The normalized spacial score (nSPS) is 10.5. The topological polar surface area (TPSA) is 72.9 Å². The molecule has 0 radical (unpaired) electrons. The van der Waals surface area contributed by atoms with Crippen molar-refractivity contribution >= 4 is 56.5 Å². The Morgan fingerprint density at radius 2 is 2.00 bits per heavy atom. The van der Waals surface area contributed by atoms with Crippen molar-refractivity contribution in [2.45, 2.75) is 0 Å². The Morgan fingerprint density at radius 3 is 2.47 bits per heavy atom. The van der Waals surface area contributed by atoms with Crippen LogP contribution in [0.2, 0.25) is 10.0 Å². The molecule has 1 heterocycles. The van der Waals surface area contributed by atoms with E-state index in [-0.39, 0.29) is 11.4 Å². The average Bonchev–Trinajstić information content (AvgIpc) is 2.64. The van der Waals surface area contributed by atoms with Gasteiger partial charge in [-0.3, -0.25) is 9.48 Å². The van der Waals surface area contributed by atoms with Crippen LogP contribution < -0.4 is 11.1 Å².